The average molecular weight is 634 g/mol. The van der Waals surface area contributed by atoms with E-state index in [1.807, 2.05) is 66.4 Å². The van der Waals surface area contributed by atoms with Crippen LogP contribution in [0.4, 0.5) is 5.69 Å². The van der Waals surface area contributed by atoms with Crippen molar-refractivity contribution in [1.29, 1.82) is 0 Å². The van der Waals surface area contributed by atoms with Crippen molar-refractivity contribution in [1.82, 2.24) is 9.80 Å². The Morgan fingerprint density at radius 3 is 2.39 bits per heavy atom. The largest absolute Gasteiger partial charge is 0.396 e. The van der Waals surface area contributed by atoms with Crippen molar-refractivity contribution in [3.05, 3.63) is 89.0 Å². The van der Waals surface area contributed by atoms with Crippen molar-refractivity contribution in [2.24, 2.45) is 11.8 Å². The highest BCUT2D eigenvalue weighted by Crippen LogP contribution is 2.65. The van der Waals surface area contributed by atoms with Gasteiger partial charge in [-0.1, -0.05) is 91.2 Å². The number of thioether (sulfide) groups is 1. The van der Waals surface area contributed by atoms with Crippen LogP contribution < -0.4 is 4.90 Å². The van der Waals surface area contributed by atoms with Crippen LogP contribution in [0.25, 0.3) is 0 Å². The molecule has 1 N–H and O–H groups in total. The van der Waals surface area contributed by atoms with E-state index in [-0.39, 0.29) is 24.3 Å². The summed E-state index contributed by atoms with van der Waals surface area (Å²) in [6.07, 6.45) is 11.3. The Labute approximate surface area is 268 Å². The minimum atomic E-state index is -0.904. The summed E-state index contributed by atoms with van der Waals surface area (Å²) in [6.45, 7) is 5.82. The summed E-state index contributed by atoms with van der Waals surface area (Å²) in [6, 6.07) is 14.7. The van der Waals surface area contributed by atoms with Crippen LogP contribution in [0.15, 0.2) is 72.8 Å². The molecule has 4 aliphatic heterocycles. The standard InChI is InChI=1S/C35H40ClN3O4S/c1-24-13-10-16-26(36)29(24)38-21-12-18-35-28(32(42)39(30(35)33(38)43)20-8-3-4-9-22-40)27-31(41)37(19-11-17-34(27,2)44-35)23-25-14-6-5-7-15-25/h5-7,10-18,27-28,30,40H,3-4,8-9,19-23H2,1-2H3/t27-,28-,30?,34+,35-/m0/s1. The van der Waals surface area contributed by atoms with Gasteiger partial charge in [-0.3, -0.25) is 14.4 Å². The number of unbranched alkanes of at least 4 members (excludes halogenated alkanes) is 3. The minimum Gasteiger partial charge on any atom is -0.396 e. The van der Waals surface area contributed by atoms with Gasteiger partial charge in [0.05, 0.1) is 27.3 Å². The number of carbonyl (C=O) groups is 3. The number of rotatable bonds is 9. The number of aryl methyl sites for hydroxylation is 1. The Morgan fingerprint density at radius 1 is 0.886 bits per heavy atom. The summed E-state index contributed by atoms with van der Waals surface area (Å²) in [4.78, 5) is 49.3. The third kappa shape index (κ3) is 5.19. The lowest BCUT2D eigenvalue weighted by Gasteiger charge is -2.37. The number of hydrogen-bond donors (Lipinski definition) is 1. The van der Waals surface area contributed by atoms with E-state index in [2.05, 4.69) is 19.1 Å². The zero-order chi connectivity index (χ0) is 31.1. The normalized spacial score (nSPS) is 29.5. The lowest BCUT2D eigenvalue weighted by molar-refractivity contribution is -0.144. The van der Waals surface area contributed by atoms with E-state index in [4.69, 9.17) is 11.6 Å². The topological polar surface area (TPSA) is 81.2 Å². The number of likely N-dealkylation sites (tertiary alicyclic amines) is 1. The highest BCUT2D eigenvalue weighted by Gasteiger charge is 2.73. The first-order valence-corrected chi connectivity index (χ1v) is 16.8. The van der Waals surface area contributed by atoms with Crippen LogP contribution in [0.2, 0.25) is 5.02 Å². The molecule has 1 spiro atoms. The van der Waals surface area contributed by atoms with Gasteiger partial charge < -0.3 is 19.8 Å². The number of halogens is 1. The monoisotopic (exact) mass is 633 g/mol. The number of anilines is 1. The molecule has 7 nitrogen and oxygen atoms in total. The SMILES string of the molecule is Cc1cccc(Cl)c1N1CC=C[C@]23S[C@]4(C)C=CCN(Cc5ccccc5)C(=O)[C@@H]4[C@H]2C(=O)N(CCCCCCO)C3C1=O. The molecule has 0 aromatic heterocycles. The fourth-order valence-corrected chi connectivity index (χ4v) is 10.2. The summed E-state index contributed by atoms with van der Waals surface area (Å²) in [5, 5.41) is 9.74. The van der Waals surface area contributed by atoms with Gasteiger partial charge >= 0.3 is 0 Å². The molecule has 1 unspecified atom stereocenters. The van der Waals surface area contributed by atoms with E-state index in [0.717, 1.165) is 24.0 Å². The second-order valence-electron chi connectivity index (χ2n) is 12.5. The molecular formula is C35H40ClN3O4S. The van der Waals surface area contributed by atoms with Gasteiger partial charge in [-0.15, -0.1) is 11.8 Å². The molecule has 2 fully saturated rings. The molecule has 0 saturated carbocycles. The van der Waals surface area contributed by atoms with Crippen LogP contribution in [-0.4, -0.2) is 74.4 Å². The zero-order valence-corrected chi connectivity index (χ0v) is 26.9. The first-order chi connectivity index (χ1) is 21.2. The Hall–Kier alpha value is -3.07. The molecule has 4 aliphatic rings. The molecule has 0 radical (unpaired) electrons. The molecule has 2 aromatic rings. The van der Waals surface area contributed by atoms with Crippen molar-refractivity contribution in [3.8, 4) is 0 Å². The average Bonchev–Trinajstić information content (AvgIpc) is 3.27. The number of carbonyl (C=O) groups excluding carboxylic acids is 3. The van der Waals surface area contributed by atoms with E-state index in [1.165, 1.54) is 0 Å². The van der Waals surface area contributed by atoms with E-state index in [0.29, 0.717) is 49.7 Å². The van der Waals surface area contributed by atoms with Crippen LogP contribution in [0.3, 0.4) is 0 Å². The number of fused-ring (bicyclic) bond motifs is 2. The van der Waals surface area contributed by atoms with Gasteiger partial charge in [0.25, 0.3) is 5.91 Å². The second kappa shape index (κ2) is 12.4. The Bertz CT molecular complexity index is 1480. The van der Waals surface area contributed by atoms with E-state index >= 15 is 0 Å². The summed E-state index contributed by atoms with van der Waals surface area (Å²) in [5.74, 6) is -1.63. The number of para-hydroxylation sites is 1. The first kappa shape index (κ1) is 30.9. The Kier molecular flexibility index (Phi) is 8.70. The van der Waals surface area contributed by atoms with Gasteiger partial charge in [-0.2, -0.15) is 0 Å². The van der Waals surface area contributed by atoms with Crippen LogP contribution in [0, 0.1) is 18.8 Å². The molecule has 6 rings (SSSR count). The third-order valence-corrected chi connectivity index (χ3v) is 11.7. The first-order valence-electron chi connectivity index (χ1n) is 15.6. The number of aliphatic hydroxyl groups excluding tert-OH is 1. The lowest BCUT2D eigenvalue weighted by Crippen LogP contribution is -2.53. The predicted molar refractivity (Wildman–Crippen MR) is 175 cm³/mol. The minimum absolute atomic E-state index is 0.0449. The van der Waals surface area contributed by atoms with Gasteiger partial charge in [0.2, 0.25) is 11.8 Å². The van der Waals surface area contributed by atoms with Gasteiger partial charge in [0.1, 0.15) is 6.04 Å². The maximum Gasteiger partial charge on any atom is 0.251 e. The number of hydrogen-bond acceptors (Lipinski definition) is 5. The zero-order valence-electron chi connectivity index (χ0n) is 25.3. The Morgan fingerprint density at radius 2 is 1.64 bits per heavy atom. The van der Waals surface area contributed by atoms with Crippen LogP contribution in [0.1, 0.15) is 43.7 Å². The summed E-state index contributed by atoms with van der Waals surface area (Å²) in [7, 11) is 0. The van der Waals surface area contributed by atoms with Crippen molar-refractivity contribution in [3.63, 3.8) is 0 Å². The van der Waals surface area contributed by atoms with Crippen molar-refractivity contribution in [2.45, 2.75) is 61.6 Å². The van der Waals surface area contributed by atoms with Crippen LogP contribution in [0.5, 0.6) is 0 Å². The molecule has 0 aliphatic carbocycles. The molecular weight excluding hydrogens is 594 g/mol. The molecule has 3 amide bonds. The van der Waals surface area contributed by atoms with Crippen molar-refractivity contribution in [2.75, 3.05) is 31.1 Å². The molecule has 2 saturated heterocycles. The maximum atomic E-state index is 14.8. The smallest absolute Gasteiger partial charge is 0.251 e. The molecule has 5 atom stereocenters. The van der Waals surface area contributed by atoms with Crippen molar-refractivity contribution < 1.29 is 19.5 Å². The predicted octanol–water partition coefficient (Wildman–Crippen LogP) is 5.39. The maximum absolute atomic E-state index is 14.8. The van der Waals surface area contributed by atoms with Gasteiger partial charge in [-0.25, -0.2) is 0 Å². The van der Waals surface area contributed by atoms with E-state index in [9.17, 15) is 19.5 Å². The van der Waals surface area contributed by atoms with Crippen LogP contribution in [-0.2, 0) is 20.9 Å². The number of nitrogens with zero attached hydrogens (tertiary/aromatic N) is 3. The van der Waals surface area contributed by atoms with Crippen LogP contribution >= 0.6 is 23.4 Å². The number of amides is 3. The number of benzene rings is 2. The summed E-state index contributed by atoms with van der Waals surface area (Å²) >= 11 is 8.29. The quantitative estimate of drug-likeness (QED) is 0.296. The third-order valence-electron chi connectivity index (χ3n) is 9.62. The van der Waals surface area contributed by atoms with Gasteiger partial charge in [0.15, 0.2) is 0 Å². The van der Waals surface area contributed by atoms with E-state index in [1.54, 1.807) is 27.6 Å². The van der Waals surface area contributed by atoms with Gasteiger partial charge in [0, 0.05) is 37.5 Å². The Balaban J connectivity index is 1.41. The summed E-state index contributed by atoms with van der Waals surface area (Å²) < 4.78 is -1.56. The molecule has 0 bridgehead atoms. The van der Waals surface area contributed by atoms with E-state index < -0.39 is 27.4 Å². The summed E-state index contributed by atoms with van der Waals surface area (Å²) in [5.41, 5.74) is 2.58. The lowest BCUT2D eigenvalue weighted by atomic mass is 9.74. The molecule has 44 heavy (non-hydrogen) atoms. The highest BCUT2D eigenvalue weighted by atomic mass is 35.5. The molecule has 232 valence electrons. The fraction of sp³-hybridized carbons (Fsp3) is 0.457. The molecule has 4 heterocycles. The molecule has 9 heteroatoms. The van der Waals surface area contributed by atoms with Crippen molar-refractivity contribution >= 4 is 46.8 Å². The highest BCUT2D eigenvalue weighted by molar-refractivity contribution is 8.02. The fourth-order valence-electron chi connectivity index (χ4n) is 7.67. The number of aliphatic hydroxyl groups is 1. The van der Waals surface area contributed by atoms with Gasteiger partial charge in [-0.05, 0) is 43.9 Å². The molecule has 2 aromatic carbocycles. The second-order valence-corrected chi connectivity index (χ2v) is 14.7.